The van der Waals surface area contributed by atoms with Crippen LogP contribution in [0.1, 0.15) is 30.9 Å². The summed E-state index contributed by atoms with van der Waals surface area (Å²) in [5.41, 5.74) is 4.32. The molecule has 0 spiro atoms. The van der Waals surface area contributed by atoms with Gasteiger partial charge in [-0.25, -0.2) is 5.43 Å². The lowest BCUT2D eigenvalue weighted by Gasteiger charge is -2.07. The molecule has 1 amide bonds. The number of amides is 1. The third-order valence-corrected chi connectivity index (χ3v) is 3.50. The van der Waals surface area contributed by atoms with E-state index in [4.69, 9.17) is 9.47 Å². The zero-order valence-electron chi connectivity index (χ0n) is 14.7. The Morgan fingerprint density at radius 2 is 1.88 bits per heavy atom. The van der Waals surface area contributed by atoms with Crippen LogP contribution in [0.4, 0.5) is 0 Å². The summed E-state index contributed by atoms with van der Waals surface area (Å²) < 4.78 is 11.1. The highest BCUT2D eigenvalue weighted by molar-refractivity contribution is 5.83. The van der Waals surface area contributed by atoms with Crippen molar-refractivity contribution in [3.63, 3.8) is 0 Å². The molecular weight excluding hydrogens is 316 g/mol. The molecule has 0 aliphatic rings. The largest absolute Gasteiger partial charge is 0.494 e. The first kappa shape index (κ1) is 18.5. The number of para-hydroxylation sites is 1. The lowest BCUT2D eigenvalue weighted by atomic mass is 10.2. The second-order valence-electron chi connectivity index (χ2n) is 5.62. The summed E-state index contributed by atoms with van der Waals surface area (Å²) >= 11 is 0. The Labute approximate surface area is 148 Å². The minimum atomic E-state index is -0.306. The molecule has 0 fully saturated rings. The number of hydrazone groups is 1. The summed E-state index contributed by atoms with van der Waals surface area (Å²) in [7, 11) is 0. The first-order chi connectivity index (χ1) is 12.2. The zero-order valence-corrected chi connectivity index (χ0v) is 14.7. The predicted molar refractivity (Wildman–Crippen MR) is 99.3 cm³/mol. The lowest BCUT2D eigenvalue weighted by Crippen LogP contribution is -2.24. The summed E-state index contributed by atoms with van der Waals surface area (Å²) in [6.07, 6.45) is 3.74. The smallest absolute Gasteiger partial charge is 0.277 e. The molecule has 1 N–H and O–H groups in total. The van der Waals surface area contributed by atoms with E-state index in [1.54, 1.807) is 6.21 Å². The summed E-state index contributed by atoms with van der Waals surface area (Å²) in [5.74, 6) is 1.22. The first-order valence-electron chi connectivity index (χ1n) is 8.42. The molecule has 5 nitrogen and oxygen atoms in total. The number of carbonyl (C=O) groups excluding carboxylic acids is 1. The SMILES string of the molecule is CCCCOc1ccc(/C=N\NC(=O)COc2ccccc2C)cc1. The molecule has 0 saturated heterocycles. The molecular formula is C20H24N2O3. The van der Waals surface area contributed by atoms with Gasteiger partial charge in [-0.2, -0.15) is 5.10 Å². The van der Waals surface area contributed by atoms with Gasteiger partial charge in [0.1, 0.15) is 11.5 Å². The van der Waals surface area contributed by atoms with Crippen molar-refractivity contribution in [1.29, 1.82) is 0 Å². The molecule has 0 atom stereocenters. The molecule has 132 valence electrons. The molecule has 2 aromatic rings. The van der Waals surface area contributed by atoms with Crippen molar-refractivity contribution in [2.45, 2.75) is 26.7 Å². The quantitative estimate of drug-likeness (QED) is 0.430. The van der Waals surface area contributed by atoms with Gasteiger partial charge < -0.3 is 9.47 Å². The highest BCUT2D eigenvalue weighted by Crippen LogP contribution is 2.15. The van der Waals surface area contributed by atoms with Crippen LogP contribution in [-0.4, -0.2) is 25.3 Å². The van der Waals surface area contributed by atoms with Crippen molar-refractivity contribution in [1.82, 2.24) is 5.43 Å². The van der Waals surface area contributed by atoms with E-state index in [2.05, 4.69) is 17.5 Å². The van der Waals surface area contributed by atoms with E-state index in [0.29, 0.717) is 5.75 Å². The third kappa shape index (κ3) is 6.67. The molecule has 25 heavy (non-hydrogen) atoms. The average Bonchev–Trinajstić information content (AvgIpc) is 2.62. The van der Waals surface area contributed by atoms with Gasteiger partial charge in [-0.1, -0.05) is 31.5 Å². The molecule has 0 aliphatic carbocycles. The van der Waals surface area contributed by atoms with E-state index in [-0.39, 0.29) is 12.5 Å². The standard InChI is InChI=1S/C20H24N2O3/c1-3-4-13-24-18-11-9-17(10-12-18)14-21-22-20(23)15-25-19-8-6-5-7-16(19)2/h5-12,14H,3-4,13,15H2,1-2H3,(H,22,23)/b21-14-. The number of benzene rings is 2. The van der Waals surface area contributed by atoms with Crippen LogP contribution in [0.2, 0.25) is 0 Å². The van der Waals surface area contributed by atoms with Crippen molar-refractivity contribution >= 4 is 12.1 Å². The van der Waals surface area contributed by atoms with Gasteiger partial charge in [-0.15, -0.1) is 0 Å². The van der Waals surface area contributed by atoms with Crippen LogP contribution in [0.25, 0.3) is 0 Å². The molecule has 0 aliphatic heterocycles. The molecule has 0 unspecified atom stereocenters. The van der Waals surface area contributed by atoms with E-state index in [1.165, 1.54) is 0 Å². The minimum Gasteiger partial charge on any atom is -0.494 e. The van der Waals surface area contributed by atoms with E-state index >= 15 is 0 Å². The Morgan fingerprint density at radius 3 is 2.60 bits per heavy atom. The Hall–Kier alpha value is -2.82. The number of hydrogen-bond donors (Lipinski definition) is 1. The Bertz CT molecular complexity index is 696. The van der Waals surface area contributed by atoms with Gasteiger partial charge >= 0.3 is 0 Å². The molecule has 0 saturated carbocycles. The number of nitrogens with zero attached hydrogens (tertiary/aromatic N) is 1. The molecule has 0 aromatic heterocycles. The van der Waals surface area contributed by atoms with Crippen molar-refractivity contribution in [3.8, 4) is 11.5 Å². The molecule has 2 rings (SSSR count). The van der Waals surface area contributed by atoms with Crippen molar-refractivity contribution < 1.29 is 14.3 Å². The van der Waals surface area contributed by atoms with Gasteiger partial charge in [0.25, 0.3) is 5.91 Å². The Balaban J connectivity index is 1.74. The monoisotopic (exact) mass is 340 g/mol. The number of ether oxygens (including phenoxy) is 2. The lowest BCUT2D eigenvalue weighted by molar-refractivity contribution is -0.123. The predicted octanol–water partition coefficient (Wildman–Crippen LogP) is 3.70. The summed E-state index contributed by atoms with van der Waals surface area (Å²) in [5, 5.41) is 3.94. The summed E-state index contributed by atoms with van der Waals surface area (Å²) in [4.78, 5) is 11.7. The number of rotatable bonds is 9. The topological polar surface area (TPSA) is 59.9 Å². The normalized spacial score (nSPS) is 10.6. The van der Waals surface area contributed by atoms with Crippen LogP contribution in [0.5, 0.6) is 11.5 Å². The fourth-order valence-corrected chi connectivity index (χ4v) is 2.06. The van der Waals surface area contributed by atoms with Gasteiger partial charge in [0, 0.05) is 0 Å². The number of carbonyl (C=O) groups is 1. The number of aryl methyl sites for hydroxylation is 1. The Kier molecular flexibility index (Phi) is 7.50. The first-order valence-corrected chi connectivity index (χ1v) is 8.42. The maximum absolute atomic E-state index is 11.7. The van der Waals surface area contributed by atoms with E-state index in [1.807, 2.05) is 55.5 Å². The average molecular weight is 340 g/mol. The summed E-state index contributed by atoms with van der Waals surface area (Å²) in [6, 6.07) is 15.1. The highest BCUT2D eigenvalue weighted by Gasteiger charge is 2.03. The maximum Gasteiger partial charge on any atom is 0.277 e. The van der Waals surface area contributed by atoms with Crippen LogP contribution in [0.15, 0.2) is 53.6 Å². The molecule has 0 radical (unpaired) electrons. The fraction of sp³-hybridized carbons (Fsp3) is 0.300. The van der Waals surface area contributed by atoms with Crippen molar-refractivity contribution in [3.05, 3.63) is 59.7 Å². The Morgan fingerprint density at radius 1 is 1.12 bits per heavy atom. The highest BCUT2D eigenvalue weighted by atomic mass is 16.5. The van der Waals surface area contributed by atoms with Crippen LogP contribution in [-0.2, 0) is 4.79 Å². The third-order valence-electron chi connectivity index (χ3n) is 3.50. The van der Waals surface area contributed by atoms with E-state index < -0.39 is 0 Å². The molecule has 2 aromatic carbocycles. The van der Waals surface area contributed by atoms with Crippen LogP contribution < -0.4 is 14.9 Å². The number of hydrogen-bond acceptors (Lipinski definition) is 4. The fourth-order valence-electron chi connectivity index (χ4n) is 2.06. The minimum absolute atomic E-state index is 0.0770. The van der Waals surface area contributed by atoms with Gasteiger partial charge in [-0.05, 0) is 54.8 Å². The van der Waals surface area contributed by atoms with Crippen LogP contribution in [0.3, 0.4) is 0 Å². The second kappa shape index (κ2) is 10.1. The van der Waals surface area contributed by atoms with Gasteiger partial charge in [0.2, 0.25) is 0 Å². The number of unbranched alkanes of at least 4 members (excludes halogenated alkanes) is 1. The van der Waals surface area contributed by atoms with E-state index in [0.717, 1.165) is 36.3 Å². The number of nitrogens with one attached hydrogen (secondary N) is 1. The van der Waals surface area contributed by atoms with Crippen molar-refractivity contribution in [2.75, 3.05) is 13.2 Å². The molecule has 0 heterocycles. The molecule has 5 heteroatoms. The van der Waals surface area contributed by atoms with Crippen LogP contribution in [0, 0.1) is 6.92 Å². The molecule has 0 bridgehead atoms. The second-order valence-corrected chi connectivity index (χ2v) is 5.62. The van der Waals surface area contributed by atoms with Gasteiger partial charge in [-0.3, -0.25) is 4.79 Å². The van der Waals surface area contributed by atoms with E-state index in [9.17, 15) is 4.79 Å². The van der Waals surface area contributed by atoms with Gasteiger partial charge in [0.05, 0.1) is 12.8 Å². The van der Waals surface area contributed by atoms with Gasteiger partial charge in [0.15, 0.2) is 6.61 Å². The zero-order chi connectivity index (χ0) is 17.9. The van der Waals surface area contributed by atoms with Crippen LogP contribution >= 0.6 is 0 Å². The summed E-state index contributed by atoms with van der Waals surface area (Å²) in [6.45, 7) is 4.71. The maximum atomic E-state index is 11.7. The van der Waals surface area contributed by atoms with Crippen molar-refractivity contribution in [2.24, 2.45) is 5.10 Å².